The fourth-order valence-electron chi connectivity index (χ4n) is 4.67. The summed E-state index contributed by atoms with van der Waals surface area (Å²) in [6.45, 7) is 2.07. The quantitative estimate of drug-likeness (QED) is 0.173. The number of benzene rings is 4. The molecule has 0 N–H and O–H groups in total. The van der Waals surface area contributed by atoms with Crippen LogP contribution in [0.4, 0.5) is 0 Å². The molecular weight excluding hydrogens is 669 g/mol. The summed E-state index contributed by atoms with van der Waals surface area (Å²) in [6, 6.07) is 45.2. The zero-order valence-corrected chi connectivity index (χ0v) is 24.4. The maximum absolute atomic E-state index is 6.28. The van der Waals surface area contributed by atoms with E-state index in [1.54, 1.807) is 6.20 Å². The van der Waals surface area contributed by atoms with Crippen LogP contribution in [0, 0.1) is 19.1 Å². The fourth-order valence-corrected chi connectivity index (χ4v) is 4.67. The minimum atomic E-state index is 0. The van der Waals surface area contributed by atoms with Gasteiger partial charge in [-0.3, -0.25) is 0 Å². The van der Waals surface area contributed by atoms with Gasteiger partial charge in [0, 0.05) is 37.9 Å². The van der Waals surface area contributed by atoms with E-state index in [4.69, 9.17) is 4.42 Å². The minimum Gasteiger partial charge on any atom is -0.501 e. The first-order chi connectivity index (χ1) is 19.2. The summed E-state index contributed by atoms with van der Waals surface area (Å²) in [6.07, 6.45) is 4.51. The van der Waals surface area contributed by atoms with E-state index in [2.05, 4.69) is 83.6 Å². The van der Waals surface area contributed by atoms with Crippen molar-refractivity contribution in [3.05, 3.63) is 156 Å². The van der Waals surface area contributed by atoms with Gasteiger partial charge in [-0.05, 0) is 54.1 Å². The summed E-state index contributed by atoms with van der Waals surface area (Å²) in [5.41, 5.74) is 9.29. The van der Waals surface area contributed by atoms with Crippen LogP contribution in [-0.2, 0) is 26.5 Å². The first-order valence-electron chi connectivity index (χ1n) is 13.0. The summed E-state index contributed by atoms with van der Waals surface area (Å²) in [4.78, 5) is 8.73. The van der Waals surface area contributed by atoms with Gasteiger partial charge in [0.15, 0.2) is 0 Å². The molecule has 0 aliphatic rings. The number of hydrogen-bond acceptors (Lipinski definition) is 3. The van der Waals surface area contributed by atoms with Gasteiger partial charge in [0.1, 0.15) is 5.58 Å². The molecule has 4 aromatic carbocycles. The number of nitrogens with zero attached hydrogens (tertiary/aromatic N) is 2. The van der Waals surface area contributed by atoms with Crippen LogP contribution in [0.2, 0.25) is 0 Å². The Bertz CT molecular complexity index is 1790. The molecule has 0 aliphatic heterocycles. The van der Waals surface area contributed by atoms with Crippen molar-refractivity contribution in [2.24, 2.45) is 0 Å². The molecule has 0 amide bonds. The van der Waals surface area contributed by atoms with Gasteiger partial charge in [0.2, 0.25) is 0 Å². The summed E-state index contributed by atoms with van der Waals surface area (Å²) >= 11 is 0. The van der Waals surface area contributed by atoms with Crippen molar-refractivity contribution >= 4 is 21.9 Å². The largest absolute Gasteiger partial charge is 0.501 e. The number of rotatable bonds is 4. The fraction of sp³-hybridized carbons (Fsp3) is 0.0556. The second kappa shape index (κ2) is 12.7. The Morgan fingerprint density at radius 3 is 2.25 bits per heavy atom. The molecule has 0 atom stereocenters. The van der Waals surface area contributed by atoms with E-state index in [0.717, 1.165) is 50.9 Å². The molecule has 3 heterocycles. The van der Waals surface area contributed by atoms with Gasteiger partial charge >= 0.3 is 0 Å². The van der Waals surface area contributed by atoms with E-state index in [9.17, 15) is 0 Å². The molecule has 197 valence electrons. The molecule has 3 nitrogen and oxygen atoms in total. The molecule has 0 fully saturated rings. The SMILES string of the molecule is Cc1ccnc(-c2[c-]ccc3c2oc2cc(Cc4ccccc4)ccc23)c1.[Ir].[c-]1ccccc1-c1ccccn1. The second-order valence-electron chi connectivity index (χ2n) is 9.40. The van der Waals surface area contributed by atoms with Gasteiger partial charge in [-0.2, -0.15) is 0 Å². The zero-order chi connectivity index (χ0) is 26.4. The number of hydrogen-bond donors (Lipinski definition) is 0. The van der Waals surface area contributed by atoms with E-state index in [-0.39, 0.29) is 20.1 Å². The number of pyridine rings is 2. The van der Waals surface area contributed by atoms with Gasteiger partial charge in [0.05, 0.1) is 5.58 Å². The van der Waals surface area contributed by atoms with Crippen LogP contribution in [0.5, 0.6) is 0 Å². The third-order valence-corrected chi connectivity index (χ3v) is 6.57. The molecule has 7 rings (SSSR count). The standard InChI is InChI=1S/C25H18NO.C11H8N.Ir/c1-17-12-13-26-23(14-17)22-9-5-8-21-20-11-10-19(16-24(20)27-25(21)22)15-18-6-3-2-4-7-18;1-2-6-10(7-3-1)11-8-4-5-9-12-11;/h2-8,10-14,16H,15H2,1H3;1-6,8-9H;/q2*-1;. The third-order valence-electron chi connectivity index (χ3n) is 6.57. The Morgan fingerprint density at radius 2 is 1.48 bits per heavy atom. The molecule has 0 saturated carbocycles. The maximum Gasteiger partial charge on any atom is 0.121 e. The Labute approximate surface area is 247 Å². The Morgan fingerprint density at radius 1 is 0.650 bits per heavy atom. The normalized spacial score (nSPS) is 10.5. The van der Waals surface area contributed by atoms with Crippen LogP contribution >= 0.6 is 0 Å². The zero-order valence-electron chi connectivity index (χ0n) is 22.0. The van der Waals surface area contributed by atoms with Crippen LogP contribution in [-0.4, -0.2) is 9.97 Å². The van der Waals surface area contributed by atoms with Crippen LogP contribution in [0.3, 0.4) is 0 Å². The minimum absolute atomic E-state index is 0. The van der Waals surface area contributed by atoms with Crippen LogP contribution in [0.15, 0.2) is 132 Å². The molecular formula is C36H26IrN2O-2. The molecule has 0 bridgehead atoms. The van der Waals surface area contributed by atoms with Crippen molar-refractivity contribution in [1.29, 1.82) is 0 Å². The molecule has 3 aromatic heterocycles. The summed E-state index contributed by atoms with van der Waals surface area (Å²) in [5.74, 6) is 0. The molecule has 4 heteroatoms. The monoisotopic (exact) mass is 695 g/mol. The van der Waals surface area contributed by atoms with Crippen molar-refractivity contribution in [3.63, 3.8) is 0 Å². The van der Waals surface area contributed by atoms with E-state index >= 15 is 0 Å². The molecule has 7 aromatic rings. The number of aromatic nitrogens is 2. The maximum atomic E-state index is 6.28. The molecule has 0 unspecified atom stereocenters. The average Bonchev–Trinajstić information content (AvgIpc) is 3.37. The first kappa shape index (κ1) is 27.2. The van der Waals surface area contributed by atoms with Crippen LogP contribution in [0.25, 0.3) is 44.5 Å². The summed E-state index contributed by atoms with van der Waals surface area (Å²) in [7, 11) is 0. The van der Waals surface area contributed by atoms with E-state index < -0.39 is 0 Å². The van der Waals surface area contributed by atoms with Gasteiger partial charge in [-0.15, -0.1) is 54.1 Å². The Balaban J connectivity index is 0.000000209. The molecule has 1 radical (unpaired) electrons. The van der Waals surface area contributed by atoms with Crippen molar-refractivity contribution < 1.29 is 24.5 Å². The van der Waals surface area contributed by atoms with E-state index in [1.807, 2.05) is 66.9 Å². The first-order valence-corrected chi connectivity index (χ1v) is 13.0. The van der Waals surface area contributed by atoms with Crippen molar-refractivity contribution in [2.75, 3.05) is 0 Å². The van der Waals surface area contributed by atoms with Crippen molar-refractivity contribution in [2.45, 2.75) is 13.3 Å². The smallest absolute Gasteiger partial charge is 0.121 e. The third kappa shape index (κ3) is 6.10. The summed E-state index contributed by atoms with van der Waals surface area (Å²) in [5, 5.41) is 2.23. The van der Waals surface area contributed by atoms with Crippen LogP contribution in [0.1, 0.15) is 16.7 Å². The van der Waals surface area contributed by atoms with E-state index in [1.165, 1.54) is 16.7 Å². The van der Waals surface area contributed by atoms with Gasteiger partial charge in [-0.1, -0.05) is 77.2 Å². The molecule has 0 aliphatic carbocycles. The van der Waals surface area contributed by atoms with Crippen molar-refractivity contribution in [1.82, 2.24) is 9.97 Å². The summed E-state index contributed by atoms with van der Waals surface area (Å²) < 4.78 is 6.28. The van der Waals surface area contributed by atoms with Gasteiger partial charge in [0.25, 0.3) is 0 Å². The van der Waals surface area contributed by atoms with Gasteiger partial charge < -0.3 is 14.4 Å². The molecule has 40 heavy (non-hydrogen) atoms. The number of aryl methyl sites for hydroxylation is 1. The topological polar surface area (TPSA) is 38.9 Å². The van der Waals surface area contributed by atoms with Crippen LogP contribution < -0.4 is 0 Å². The predicted octanol–water partition coefficient (Wildman–Crippen LogP) is 8.89. The van der Waals surface area contributed by atoms with Gasteiger partial charge in [-0.25, -0.2) is 0 Å². The number of fused-ring (bicyclic) bond motifs is 3. The number of furan rings is 1. The Kier molecular flexibility index (Phi) is 8.61. The predicted molar refractivity (Wildman–Crippen MR) is 158 cm³/mol. The molecule has 0 spiro atoms. The molecule has 0 saturated heterocycles. The van der Waals surface area contributed by atoms with Crippen molar-refractivity contribution in [3.8, 4) is 22.5 Å². The average molecular weight is 695 g/mol. The Hall–Kier alpha value is -4.37. The second-order valence-corrected chi connectivity index (χ2v) is 9.40. The van der Waals surface area contributed by atoms with E-state index in [0.29, 0.717) is 0 Å².